The molecule has 0 aliphatic heterocycles. The Morgan fingerprint density at radius 3 is 2.25 bits per heavy atom. The Morgan fingerprint density at radius 1 is 0.958 bits per heavy atom. The molecule has 0 fully saturated rings. The first-order chi connectivity index (χ1) is 11.5. The second kappa shape index (κ2) is 9.18. The van der Waals surface area contributed by atoms with Crippen molar-refractivity contribution < 1.29 is 8.42 Å². The van der Waals surface area contributed by atoms with Crippen molar-refractivity contribution in [2.45, 2.75) is 17.9 Å². The van der Waals surface area contributed by atoms with Crippen LogP contribution < -0.4 is 5.73 Å². The maximum atomic E-state index is 12.5. The van der Waals surface area contributed by atoms with Crippen LogP contribution in [0.3, 0.4) is 0 Å². The van der Waals surface area contributed by atoms with Gasteiger partial charge in [-0.05, 0) is 49.3 Å². The van der Waals surface area contributed by atoms with Crippen LogP contribution in [0, 0.1) is 0 Å². The minimum Gasteiger partial charge on any atom is -0.330 e. The summed E-state index contributed by atoms with van der Waals surface area (Å²) in [6.07, 6.45) is 0.841. The Labute approximate surface area is 149 Å². The minimum absolute atomic E-state index is 0.0754. The summed E-state index contributed by atoms with van der Waals surface area (Å²) in [6.45, 7) is 2.56. The average molecular weight is 367 g/mol. The van der Waals surface area contributed by atoms with Crippen LogP contribution in [0.15, 0.2) is 59.5 Å². The maximum Gasteiger partial charge on any atom is 0.179 e. The number of halogens is 1. The van der Waals surface area contributed by atoms with Crippen molar-refractivity contribution in [1.29, 1.82) is 0 Å². The van der Waals surface area contributed by atoms with E-state index >= 15 is 0 Å². The van der Waals surface area contributed by atoms with Crippen molar-refractivity contribution >= 4 is 21.4 Å². The molecule has 0 heterocycles. The lowest BCUT2D eigenvalue weighted by atomic mass is 10.2. The number of hydrogen-bond acceptors (Lipinski definition) is 4. The monoisotopic (exact) mass is 366 g/mol. The van der Waals surface area contributed by atoms with Gasteiger partial charge in [0.25, 0.3) is 0 Å². The molecule has 0 atom stereocenters. The molecule has 0 aliphatic rings. The van der Waals surface area contributed by atoms with Gasteiger partial charge in [0.15, 0.2) is 9.84 Å². The fourth-order valence-electron chi connectivity index (χ4n) is 2.44. The van der Waals surface area contributed by atoms with Crippen molar-refractivity contribution in [3.63, 3.8) is 0 Å². The molecular weight excluding hydrogens is 344 g/mol. The highest BCUT2D eigenvalue weighted by molar-refractivity contribution is 7.91. The summed E-state index contributed by atoms with van der Waals surface area (Å²) in [5.41, 5.74) is 6.77. The van der Waals surface area contributed by atoms with E-state index < -0.39 is 9.84 Å². The van der Waals surface area contributed by atoms with Crippen molar-refractivity contribution in [1.82, 2.24) is 4.90 Å². The van der Waals surface area contributed by atoms with Gasteiger partial charge in [0.2, 0.25) is 0 Å². The summed E-state index contributed by atoms with van der Waals surface area (Å²) in [7, 11) is -3.32. The van der Waals surface area contributed by atoms with E-state index in [0.29, 0.717) is 23.0 Å². The summed E-state index contributed by atoms with van der Waals surface area (Å²) in [5.74, 6) is 0.0754. The first-order valence-corrected chi connectivity index (χ1v) is 9.99. The molecule has 2 N–H and O–H groups in total. The van der Waals surface area contributed by atoms with Gasteiger partial charge >= 0.3 is 0 Å². The normalized spacial score (nSPS) is 11.8. The number of rotatable bonds is 9. The zero-order valence-electron chi connectivity index (χ0n) is 13.6. The highest BCUT2D eigenvalue weighted by Gasteiger charge is 2.16. The number of nitrogens with zero attached hydrogens (tertiary/aromatic N) is 1. The van der Waals surface area contributed by atoms with Crippen molar-refractivity contribution in [3.05, 3.63) is 65.2 Å². The van der Waals surface area contributed by atoms with E-state index in [4.69, 9.17) is 17.3 Å². The molecule has 0 spiro atoms. The SMILES string of the molecule is NCCCN(CCS(=O)(=O)c1ccc(Cl)cc1)Cc1ccccc1. The van der Waals surface area contributed by atoms with Crippen molar-refractivity contribution in [3.8, 4) is 0 Å². The van der Waals surface area contributed by atoms with Crippen LogP contribution in [0.1, 0.15) is 12.0 Å². The zero-order chi connectivity index (χ0) is 17.4. The number of sulfone groups is 1. The fraction of sp³-hybridized carbons (Fsp3) is 0.333. The molecule has 0 saturated heterocycles. The van der Waals surface area contributed by atoms with Crippen LogP contribution in [-0.2, 0) is 16.4 Å². The Bertz CT molecular complexity index is 718. The van der Waals surface area contributed by atoms with E-state index in [2.05, 4.69) is 4.90 Å². The van der Waals surface area contributed by atoms with Crippen LogP contribution in [0.2, 0.25) is 5.02 Å². The Morgan fingerprint density at radius 2 is 1.62 bits per heavy atom. The fourth-order valence-corrected chi connectivity index (χ4v) is 3.85. The molecule has 2 aromatic carbocycles. The smallest absolute Gasteiger partial charge is 0.179 e. The minimum atomic E-state index is -3.32. The van der Waals surface area contributed by atoms with Crippen LogP contribution in [0.4, 0.5) is 0 Å². The molecule has 0 radical (unpaired) electrons. The first-order valence-electron chi connectivity index (χ1n) is 7.96. The highest BCUT2D eigenvalue weighted by Crippen LogP contribution is 2.16. The molecule has 0 aromatic heterocycles. The quantitative estimate of drug-likeness (QED) is 0.741. The van der Waals surface area contributed by atoms with Gasteiger partial charge in [-0.15, -0.1) is 0 Å². The topological polar surface area (TPSA) is 63.4 Å². The lowest BCUT2D eigenvalue weighted by Crippen LogP contribution is -2.31. The van der Waals surface area contributed by atoms with E-state index in [0.717, 1.165) is 19.5 Å². The molecule has 2 aromatic rings. The standard InChI is InChI=1S/C18H23ClN2O2S/c19-17-7-9-18(10-8-17)24(22,23)14-13-21(12-4-11-20)15-16-5-2-1-3-6-16/h1-3,5-10H,4,11-15,20H2. The van der Waals surface area contributed by atoms with E-state index in [1.807, 2.05) is 30.3 Å². The number of nitrogens with two attached hydrogens (primary N) is 1. The summed E-state index contributed by atoms with van der Waals surface area (Å²) in [4.78, 5) is 2.45. The predicted molar refractivity (Wildman–Crippen MR) is 98.9 cm³/mol. The molecule has 0 amide bonds. The van der Waals surface area contributed by atoms with Gasteiger partial charge in [-0.25, -0.2) is 8.42 Å². The first kappa shape index (κ1) is 18.9. The van der Waals surface area contributed by atoms with E-state index in [1.165, 1.54) is 5.56 Å². The van der Waals surface area contributed by atoms with Gasteiger partial charge in [-0.3, -0.25) is 4.90 Å². The highest BCUT2D eigenvalue weighted by atomic mass is 35.5. The molecule has 2 rings (SSSR count). The average Bonchev–Trinajstić information content (AvgIpc) is 2.58. The Balaban J connectivity index is 2.02. The number of benzene rings is 2. The summed E-state index contributed by atoms with van der Waals surface area (Å²) < 4.78 is 25.0. The lowest BCUT2D eigenvalue weighted by Gasteiger charge is -2.22. The molecule has 0 aliphatic carbocycles. The van der Waals surface area contributed by atoms with Gasteiger partial charge < -0.3 is 5.73 Å². The third-order valence-electron chi connectivity index (χ3n) is 3.78. The molecule has 0 bridgehead atoms. The summed E-state index contributed by atoms with van der Waals surface area (Å²) >= 11 is 5.82. The zero-order valence-corrected chi connectivity index (χ0v) is 15.1. The van der Waals surface area contributed by atoms with Crippen LogP contribution in [0.5, 0.6) is 0 Å². The second-order valence-electron chi connectivity index (χ2n) is 5.68. The van der Waals surface area contributed by atoms with Gasteiger partial charge in [-0.2, -0.15) is 0 Å². The van der Waals surface area contributed by atoms with E-state index in [9.17, 15) is 8.42 Å². The van der Waals surface area contributed by atoms with Gasteiger partial charge in [0.05, 0.1) is 10.6 Å². The summed E-state index contributed by atoms with van der Waals surface area (Å²) in [6, 6.07) is 16.3. The van der Waals surface area contributed by atoms with E-state index in [-0.39, 0.29) is 5.75 Å². The molecule has 130 valence electrons. The Hall–Kier alpha value is -1.40. The van der Waals surface area contributed by atoms with Crippen LogP contribution in [0.25, 0.3) is 0 Å². The van der Waals surface area contributed by atoms with E-state index in [1.54, 1.807) is 24.3 Å². The molecule has 24 heavy (non-hydrogen) atoms. The maximum absolute atomic E-state index is 12.5. The number of hydrogen-bond donors (Lipinski definition) is 1. The second-order valence-corrected chi connectivity index (χ2v) is 8.22. The largest absolute Gasteiger partial charge is 0.330 e. The van der Waals surface area contributed by atoms with Gasteiger partial charge in [0.1, 0.15) is 0 Å². The lowest BCUT2D eigenvalue weighted by molar-refractivity contribution is 0.279. The summed E-state index contributed by atoms with van der Waals surface area (Å²) in [5, 5.41) is 0.530. The third-order valence-corrected chi connectivity index (χ3v) is 5.74. The van der Waals surface area contributed by atoms with Crippen molar-refractivity contribution in [2.24, 2.45) is 5.73 Å². The molecule has 4 nitrogen and oxygen atoms in total. The molecule has 0 unspecified atom stereocenters. The molecule has 6 heteroatoms. The molecule has 0 saturated carbocycles. The van der Waals surface area contributed by atoms with Crippen molar-refractivity contribution in [2.75, 3.05) is 25.4 Å². The molecular formula is C18H23ClN2O2S. The third kappa shape index (κ3) is 5.91. The van der Waals surface area contributed by atoms with Crippen LogP contribution >= 0.6 is 11.6 Å². The van der Waals surface area contributed by atoms with Gasteiger partial charge in [-0.1, -0.05) is 41.9 Å². The Kier molecular flexibility index (Phi) is 7.24. The van der Waals surface area contributed by atoms with Crippen LogP contribution in [-0.4, -0.2) is 38.7 Å². The predicted octanol–water partition coefficient (Wildman–Crippen LogP) is 2.96. The van der Waals surface area contributed by atoms with Gasteiger partial charge in [0, 0.05) is 18.1 Å².